The summed E-state index contributed by atoms with van der Waals surface area (Å²) in [7, 11) is 1.69. The van der Waals surface area contributed by atoms with Gasteiger partial charge < -0.3 is 28.8 Å². The summed E-state index contributed by atoms with van der Waals surface area (Å²) in [4.78, 5) is 0. The molecule has 6 nitrogen and oxygen atoms in total. The van der Waals surface area contributed by atoms with Crippen molar-refractivity contribution in [3.05, 3.63) is 71.8 Å². The van der Waals surface area contributed by atoms with Crippen LogP contribution in [0.25, 0.3) is 0 Å². The molecule has 2 aliphatic heterocycles. The Morgan fingerprint density at radius 1 is 0.667 bits per heavy atom. The third kappa shape index (κ3) is 7.29. The van der Waals surface area contributed by atoms with Crippen molar-refractivity contribution in [2.75, 3.05) is 7.11 Å². The Morgan fingerprint density at radius 3 is 1.49 bits per heavy atom. The van der Waals surface area contributed by atoms with Gasteiger partial charge in [0, 0.05) is 18.9 Å². The van der Waals surface area contributed by atoms with Crippen molar-refractivity contribution in [2.24, 2.45) is 11.8 Å². The first-order valence-electron chi connectivity index (χ1n) is 14.7. The van der Waals surface area contributed by atoms with Gasteiger partial charge >= 0.3 is 0 Å². The fourth-order valence-electron chi connectivity index (χ4n) is 6.19. The maximum atomic E-state index is 10.1. The molecule has 2 aliphatic rings. The zero-order chi connectivity index (χ0) is 28.5. The Kier molecular flexibility index (Phi) is 12.0. The molecule has 2 aromatic rings. The van der Waals surface area contributed by atoms with Crippen LogP contribution >= 0.6 is 0 Å². The van der Waals surface area contributed by atoms with Crippen LogP contribution in [0.15, 0.2) is 60.7 Å². The van der Waals surface area contributed by atoms with Gasteiger partial charge in [0.1, 0.15) is 12.2 Å². The third-order valence-electron chi connectivity index (χ3n) is 9.10. The second-order valence-corrected chi connectivity index (χ2v) is 10.9. The first kappa shape index (κ1) is 31.7. The Balaban J connectivity index is 0.000000216. The monoisotopic (exact) mass is 542 g/mol. The van der Waals surface area contributed by atoms with Crippen LogP contribution < -0.4 is 0 Å². The lowest BCUT2D eigenvalue weighted by molar-refractivity contribution is -0.187. The van der Waals surface area contributed by atoms with Crippen molar-refractivity contribution in [3.63, 3.8) is 0 Å². The molecule has 2 fully saturated rings. The van der Waals surface area contributed by atoms with Crippen LogP contribution in [-0.2, 0) is 36.9 Å². The molecule has 2 aromatic carbocycles. The number of methoxy groups -OCH3 is 1. The van der Waals surface area contributed by atoms with Gasteiger partial charge in [-0.2, -0.15) is 0 Å². The molecule has 2 heterocycles. The second kappa shape index (κ2) is 14.7. The Hall–Kier alpha value is -1.80. The van der Waals surface area contributed by atoms with Gasteiger partial charge in [0.05, 0.1) is 24.4 Å². The van der Waals surface area contributed by atoms with Gasteiger partial charge in [-0.15, -0.1) is 0 Å². The molecule has 0 aromatic heterocycles. The molecule has 0 bridgehead atoms. The summed E-state index contributed by atoms with van der Waals surface area (Å²) in [6, 6.07) is 20.3. The lowest BCUT2D eigenvalue weighted by Gasteiger charge is -2.31. The summed E-state index contributed by atoms with van der Waals surface area (Å²) in [6.45, 7) is 14.0. The number of ether oxygens (including phenoxy) is 5. The van der Waals surface area contributed by atoms with Crippen LogP contribution in [-0.4, -0.2) is 48.2 Å². The van der Waals surface area contributed by atoms with E-state index in [0.717, 1.165) is 31.2 Å². The van der Waals surface area contributed by atoms with Gasteiger partial charge in [0.2, 0.25) is 0 Å². The number of rotatable bonds is 11. The summed E-state index contributed by atoms with van der Waals surface area (Å²) in [6.07, 6.45) is 2.40. The number of aliphatic hydroxyl groups excluding tert-OH is 1. The van der Waals surface area contributed by atoms with Gasteiger partial charge in [-0.1, -0.05) is 102 Å². The maximum Gasteiger partial charge on any atom is 0.184 e. The highest BCUT2D eigenvalue weighted by Crippen LogP contribution is 2.43. The van der Waals surface area contributed by atoms with Crippen molar-refractivity contribution in [1.82, 2.24) is 0 Å². The highest BCUT2D eigenvalue weighted by atomic mass is 16.7. The molecule has 1 N–H and O–H groups in total. The molecule has 2 saturated heterocycles. The van der Waals surface area contributed by atoms with Crippen molar-refractivity contribution in [2.45, 2.75) is 116 Å². The predicted octanol–water partition coefficient (Wildman–Crippen LogP) is 6.88. The molecule has 39 heavy (non-hydrogen) atoms. The molecule has 0 radical (unpaired) electrons. The zero-order valence-corrected chi connectivity index (χ0v) is 25.0. The summed E-state index contributed by atoms with van der Waals surface area (Å²) in [5, 5.41) is 10.1. The topological polar surface area (TPSA) is 66.4 Å². The van der Waals surface area contributed by atoms with E-state index in [1.54, 1.807) is 7.11 Å². The fourth-order valence-corrected chi connectivity index (χ4v) is 6.19. The Bertz CT molecular complexity index is 943. The standard InChI is InChI=1S/C17H26O3.C16H24O3/c1-5-17(6-2)13(3)15(16(18-4)20-17)19-12-14-10-8-7-9-11-14;1-4-16(5-2)12(3)14(15(17)19-16)18-11-13-9-7-6-8-10-13/h7-11,13,15-16H,5-6,12H2,1-4H3;6-10,12,14-15,17H,4-5,11H2,1-3H3/t13-,15+,16?;12-,14+,15?/m00/s1. The van der Waals surface area contributed by atoms with Crippen molar-refractivity contribution in [1.29, 1.82) is 0 Å². The molecule has 0 amide bonds. The SMILES string of the molecule is CCC1(CC)OC(O)[C@H](OCc2ccccc2)[C@@H]1C.CCC1(CC)OC(OC)[C@H](OCc2ccccc2)[C@@H]1C. The van der Waals surface area contributed by atoms with Gasteiger partial charge in [-0.05, 0) is 36.8 Å². The number of hydrogen-bond donors (Lipinski definition) is 1. The highest BCUT2D eigenvalue weighted by Gasteiger charge is 2.52. The number of aliphatic hydroxyl groups is 1. The lowest BCUT2D eigenvalue weighted by atomic mass is 9.83. The summed E-state index contributed by atoms with van der Waals surface area (Å²) in [5.41, 5.74) is 1.93. The normalized spacial score (nSPS) is 29.1. The summed E-state index contributed by atoms with van der Waals surface area (Å²) >= 11 is 0. The molecule has 4 rings (SSSR count). The molecule has 2 unspecified atom stereocenters. The predicted molar refractivity (Wildman–Crippen MR) is 154 cm³/mol. The van der Waals surface area contributed by atoms with E-state index in [2.05, 4.69) is 53.7 Å². The zero-order valence-electron chi connectivity index (χ0n) is 25.0. The van der Waals surface area contributed by atoms with E-state index in [0.29, 0.717) is 19.1 Å². The van der Waals surface area contributed by atoms with Crippen LogP contribution in [0, 0.1) is 11.8 Å². The van der Waals surface area contributed by atoms with Crippen LogP contribution in [0.5, 0.6) is 0 Å². The number of hydrogen-bond acceptors (Lipinski definition) is 6. The Labute approximate surface area is 236 Å². The fraction of sp³-hybridized carbons (Fsp3) is 0.636. The molecule has 6 atom stereocenters. The van der Waals surface area contributed by atoms with E-state index in [1.807, 2.05) is 48.5 Å². The third-order valence-corrected chi connectivity index (χ3v) is 9.10. The van der Waals surface area contributed by atoms with Gasteiger partial charge in [-0.3, -0.25) is 0 Å². The minimum absolute atomic E-state index is 0.0138. The van der Waals surface area contributed by atoms with Gasteiger partial charge in [0.25, 0.3) is 0 Å². The minimum atomic E-state index is -0.821. The quantitative estimate of drug-likeness (QED) is 0.334. The summed E-state index contributed by atoms with van der Waals surface area (Å²) in [5.74, 6) is 0.521. The van der Waals surface area contributed by atoms with Crippen molar-refractivity contribution < 1.29 is 28.8 Å². The average Bonchev–Trinajstić information content (AvgIpc) is 3.40. The highest BCUT2D eigenvalue weighted by molar-refractivity contribution is 5.14. The molecule has 0 aliphatic carbocycles. The smallest absolute Gasteiger partial charge is 0.184 e. The van der Waals surface area contributed by atoms with E-state index in [1.165, 1.54) is 5.56 Å². The number of benzene rings is 2. The second-order valence-electron chi connectivity index (χ2n) is 10.9. The minimum Gasteiger partial charge on any atom is -0.368 e. The molecule has 218 valence electrons. The molecular weight excluding hydrogens is 492 g/mol. The van der Waals surface area contributed by atoms with E-state index in [-0.39, 0.29) is 35.6 Å². The summed E-state index contributed by atoms with van der Waals surface area (Å²) < 4.78 is 29.5. The molecule has 0 spiro atoms. The molecule has 6 heteroatoms. The van der Waals surface area contributed by atoms with E-state index in [9.17, 15) is 5.11 Å². The van der Waals surface area contributed by atoms with Gasteiger partial charge in [0.15, 0.2) is 12.6 Å². The molecular formula is C33H50O6. The average molecular weight is 543 g/mol. The van der Waals surface area contributed by atoms with E-state index < -0.39 is 6.29 Å². The lowest BCUT2D eigenvalue weighted by Crippen LogP contribution is -2.36. The van der Waals surface area contributed by atoms with Crippen LogP contribution in [0.1, 0.15) is 78.4 Å². The van der Waals surface area contributed by atoms with E-state index >= 15 is 0 Å². The van der Waals surface area contributed by atoms with Crippen molar-refractivity contribution >= 4 is 0 Å². The Morgan fingerprint density at radius 2 is 1.08 bits per heavy atom. The first-order valence-corrected chi connectivity index (χ1v) is 14.7. The first-order chi connectivity index (χ1) is 18.8. The van der Waals surface area contributed by atoms with Crippen LogP contribution in [0.4, 0.5) is 0 Å². The molecule has 0 saturated carbocycles. The van der Waals surface area contributed by atoms with Crippen molar-refractivity contribution in [3.8, 4) is 0 Å². The maximum absolute atomic E-state index is 10.1. The van der Waals surface area contributed by atoms with E-state index in [4.69, 9.17) is 23.7 Å². The van der Waals surface area contributed by atoms with Gasteiger partial charge in [-0.25, -0.2) is 0 Å². The largest absolute Gasteiger partial charge is 0.368 e. The van der Waals surface area contributed by atoms with Crippen LogP contribution in [0.2, 0.25) is 0 Å². The van der Waals surface area contributed by atoms with Crippen LogP contribution in [0.3, 0.4) is 0 Å².